The standard InChI is InChI=1S/C23H25N3O3S/c1-3-26(21-14-8-5-9-15-21)18-23(27)24-19-11-10-16-22(17-19)30(28,29)25(2)20-12-6-4-7-13-20/h4-17H,3,18H2,1-2H3,(H,24,27). The molecule has 0 aliphatic heterocycles. The highest BCUT2D eigenvalue weighted by Crippen LogP contribution is 2.23. The van der Waals surface area contributed by atoms with Crippen LogP contribution in [0, 0.1) is 0 Å². The van der Waals surface area contributed by atoms with Crippen LogP contribution in [0.25, 0.3) is 0 Å². The van der Waals surface area contributed by atoms with Crippen molar-refractivity contribution in [1.29, 1.82) is 0 Å². The first kappa shape index (κ1) is 21.4. The van der Waals surface area contributed by atoms with E-state index in [9.17, 15) is 13.2 Å². The van der Waals surface area contributed by atoms with Crippen molar-refractivity contribution in [3.8, 4) is 0 Å². The van der Waals surface area contributed by atoms with Crippen LogP contribution in [0.1, 0.15) is 6.92 Å². The van der Waals surface area contributed by atoms with Crippen LogP contribution in [0.3, 0.4) is 0 Å². The Morgan fingerprint density at radius 2 is 1.47 bits per heavy atom. The predicted octanol–water partition coefficient (Wildman–Crippen LogP) is 3.98. The van der Waals surface area contributed by atoms with Gasteiger partial charge in [0.25, 0.3) is 10.0 Å². The molecule has 3 aromatic carbocycles. The van der Waals surface area contributed by atoms with E-state index in [0.29, 0.717) is 17.9 Å². The number of sulfonamides is 1. The van der Waals surface area contributed by atoms with Crippen LogP contribution in [0.15, 0.2) is 89.8 Å². The summed E-state index contributed by atoms with van der Waals surface area (Å²) in [6.07, 6.45) is 0. The van der Waals surface area contributed by atoms with Crippen molar-refractivity contribution in [2.24, 2.45) is 0 Å². The summed E-state index contributed by atoms with van der Waals surface area (Å²) in [7, 11) is -2.24. The minimum atomic E-state index is -3.75. The second-order valence-corrected chi connectivity index (χ2v) is 8.70. The second-order valence-electron chi connectivity index (χ2n) is 6.73. The molecular weight excluding hydrogens is 398 g/mol. The van der Waals surface area contributed by atoms with Crippen molar-refractivity contribution in [3.63, 3.8) is 0 Å². The fraction of sp³-hybridized carbons (Fsp3) is 0.174. The highest BCUT2D eigenvalue weighted by molar-refractivity contribution is 7.92. The average molecular weight is 424 g/mol. The summed E-state index contributed by atoms with van der Waals surface area (Å²) >= 11 is 0. The number of para-hydroxylation sites is 2. The molecule has 0 aliphatic carbocycles. The maximum atomic E-state index is 13.0. The molecule has 0 saturated heterocycles. The Labute approximate surface area is 177 Å². The molecular formula is C23H25N3O3S. The summed E-state index contributed by atoms with van der Waals surface area (Å²) in [5.41, 5.74) is 1.95. The lowest BCUT2D eigenvalue weighted by molar-refractivity contribution is -0.115. The molecule has 6 nitrogen and oxygen atoms in total. The number of likely N-dealkylation sites (N-methyl/N-ethyl adjacent to an activating group) is 1. The Kier molecular flexibility index (Phi) is 6.74. The Morgan fingerprint density at radius 3 is 2.07 bits per heavy atom. The summed E-state index contributed by atoms with van der Waals surface area (Å²) in [6, 6.07) is 24.8. The zero-order chi connectivity index (χ0) is 21.6. The Morgan fingerprint density at radius 1 is 0.867 bits per heavy atom. The summed E-state index contributed by atoms with van der Waals surface area (Å²) < 4.78 is 27.2. The number of benzene rings is 3. The van der Waals surface area contributed by atoms with E-state index in [1.807, 2.05) is 48.2 Å². The van der Waals surface area contributed by atoms with Gasteiger partial charge < -0.3 is 10.2 Å². The van der Waals surface area contributed by atoms with Crippen molar-refractivity contribution in [2.75, 3.05) is 34.7 Å². The molecule has 30 heavy (non-hydrogen) atoms. The molecule has 3 rings (SSSR count). The number of carbonyl (C=O) groups is 1. The number of carbonyl (C=O) groups excluding carboxylic acids is 1. The van der Waals surface area contributed by atoms with Crippen LogP contribution in [0.5, 0.6) is 0 Å². The van der Waals surface area contributed by atoms with E-state index in [2.05, 4.69) is 5.32 Å². The molecule has 0 atom stereocenters. The number of amides is 1. The van der Waals surface area contributed by atoms with Gasteiger partial charge in [-0.15, -0.1) is 0 Å². The molecule has 0 bridgehead atoms. The number of nitrogens with zero attached hydrogens (tertiary/aromatic N) is 2. The zero-order valence-electron chi connectivity index (χ0n) is 17.0. The molecule has 0 spiro atoms. The third-order valence-electron chi connectivity index (χ3n) is 4.73. The third kappa shape index (κ3) is 4.99. The largest absolute Gasteiger partial charge is 0.362 e. The van der Waals surface area contributed by atoms with Gasteiger partial charge in [0.15, 0.2) is 0 Å². The van der Waals surface area contributed by atoms with Crippen LogP contribution in [0.2, 0.25) is 0 Å². The fourth-order valence-electron chi connectivity index (χ4n) is 3.07. The van der Waals surface area contributed by atoms with Gasteiger partial charge in [-0.3, -0.25) is 9.10 Å². The minimum absolute atomic E-state index is 0.113. The molecule has 0 unspecified atom stereocenters. The molecule has 7 heteroatoms. The topological polar surface area (TPSA) is 69.7 Å². The smallest absolute Gasteiger partial charge is 0.264 e. The van der Waals surface area contributed by atoms with Gasteiger partial charge in [-0.05, 0) is 49.4 Å². The monoisotopic (exact) mass is 423 g/mol. The summed E-state index contributed by atoms with van der Waals surface area (Å²) in [5.74, 6) is -0.216. The molecule has 1 N–H and O–H groups in total. The summed E-state index contributed by atoms with van der Waals surface area (Å²) in [5, 5.41) is 2.80. The zero-order valence-corrected chi connectivity index (χ0v) is 17.8. The number of hydrogen-bond acceptors (Lipinski definition) is 4. The predicted molar refractivity (Wildman–Crippen MR) is 121 cm³/mol. The molecule has 0 fully saturated rings. The van der Waals surface area contributed by atoms with Crippen LogP contribution in [-0.2, 0) is 14.8 Å². The van der Waals surface area contributed by atoms with E-state index in [1.54, 1.807) is 36.4 Å². The Bertz CT molecular complexity index is 1090. The van der Waals surface area contributed by atoms with Crippen LogP contribution >= 0.6 is 0 Å². The van der Waals surface area contributed by atoms with E-state index in [1.165, 1.54) is 23.5 Å². The van der Waals surface area contributed by atoms with Crippen LogP contribution in [-0.4, -0.2) is 34.5 Å². The van der Waals surface area contributed by atoms with Gasteiger partial charge in [0, 0.05) is 25.0 Å². The molecule has 1 amide bonds. The van der Waals surface area contributed by atoms with Crippen molar-refractivity contribution in [2.45, 2.75) is 11.8 Å². The van der Waals surface area contributed by atoms with Crippen molar-refractivity contribution in [3.05, 3.63) is 84.9 Å². The molecule has 3 aromatic rings. The maximum absolute atomic E-state index is 13.0. The van der Waals surface area contributed by atoms with Crippen molar-refractivity contribution < 1.29 is 13.2 Å². The summed E-state index contributed by atoms with van der Waals surface area (Å²) in [4.78, 5) is 14.6. The van der Waals surface area contributed by atoms with Gasteiger partial charge in [0.05, 0.1) is 17.1 Å². The van der Waals surface area contributed by atoms with Crippen LogP contribution in [0.4, 0.5) is 17.1 Å². The van der Waals surface area contributed by atoms with Crippen molar-refractivity contribution in [1.82, 2.24) is 0 Å². The van der Waals surface area contributed by atoms with E-state index in [4.69, 9.17) is 0 Å². The second kappa shape index (κ2) is 9.45. The van der Waals surface area contributed by atoms with Gasteiger partial charge in [-0.2, -0.15) is 0 Å². The highest BCUT2D eigenvalue weighted by atomic mass is 32.2. The lowest BCUT2D eigenvalue weighted by atomic mass is 10.2. The Hall–Kier alpha value is -3.32. The molecule has 156 valence electrons. The van der Waals surface area contributed by atoms with Gasteiger partial charge in [-0.25, -0.2) is 8.42 Å². The lowest BCUT2D eigenvalue weighted by Crippen LogP contribution is -2.33. The van der Waals surface area contributed by atoms with Gasteiger partial charge in [0.1, 0.15) is 0 Å². The van der Waals surface area contributed by atoms with E-state index >= 15 is 0 Å². The molecule has 0 heterocycles. The average Bonchev–Trinajstić information content (AvgIpc) is 2.78. The van der Waals surface area contributed by atoms with Gasteiger partial charge in [-0.1, -0.05) is 42.5 Å². The van der Waals surface area contributed by atoms with Gasteiger partial charge >= 0.3 is 0 Å². The maximum Gasteiger partial charge on any atom is 0.264 e. The first-order chi connectivity index (χ1) is 14.4. The SMILES string of the molecule is CCN(CC(=O)Nc1cccc(S(=O)(=O)N(C)c2ccccc2)c1)c1ccccc1. The quantitative estimate of drug-likeness (QED) is 0.595. The lowest BCUT2D eigenvalue weighted by Gasteiger charge is -2.22. The first-order valence-corrected chi connectivity index (χ1v) is 11.1. The van der Waals surface area contributed by atoms with E-state index in [-0.39, 0.29) is 17.3 Å². The fourth-order valence-corrected chi connectivity index (χ4v) is 4.31. The number of rotatable bonds is 8. The first-order valence-electron chi connectivity index (χ1n) is 9.65. The summed E-state index contributed by atoms with van der Waals surface area (Å²) in [6.45, 7) is 2.82. The Balaban J connectivity index is 1.74. The minimum Gasteiger partial charge on any atom is -0.362 e. The molecule has 0 aliphatic rings. The normalized spacial score (nSPS) is 11.0. The van der Waals surface area contributed by atoms with Gasteiger partial charge in [0.2, 0.25) is 5.91 Å². The molecule has 0 saturated carbocycles. The number of anilines is 3. The molecule has 0 radical (unpaired) electrons. The highest BCUT2D eigenvalue weighted by Gasteiger charge is 2.21. The number of nitrogens with one attached hydrogen (secondary N) is 1. The number of hydrogen-bond donors (Lipinski definition) is 1. The third-order valence-corrected chi connectivity index (χ3v) is 6.52. The molecule has 0 aromatic heterocycles. The van der Waals surface area contributed by atoms with E-state index < -0.39 is 10.0 Å². The van der Waals surface area contributed by atoms with Crippen molar-refractivity contribution >= 4 is 33.0 Å². The van der Waals surface area contributed by atoms with E-state index in [0.717, 1.165) is 5.69 Å². The van der Waals surface area contributed by atoms with Crippen LogP contribution < -0.4 is 14.5 Å².